The van der Waals surface area contributed by atoms with Gasteiger partial charge in [-0.2, -0.15) is 5.10 Å². The second-order valence-corrected chi connectivity index (χ2v) is 4.71. The Morgan fingerprint density at radius 2 is 2.45 bits per heavy atom. The normalized spacial score (nSPS) is 25.9. The van der Waals surface area contributed by atoms with Gasteiger partial charge in [-0.15, -0.1) is 0 Å². The fourth-order valence-corrected chi connectivity index (χ4v) is 2.52. The van der Waals surface area contributed by atoms with E-state index in [0.717, 1.165) is 5.69 Å². The molecule has 3 rings (SSSR count). The van der Waals surface area contributed by atoms with Crippen molar-refractivity contribution in [1.29, 1.82) is 0 Å². The Kier molecular flexibility index (Phi) is 3.31. The molecule has 2 aromatic rings. The van der Waals surface area contributed by atoms with E-state index in [-0.39, 0.29) is 24.6 Å². The Labute approximate surface area is 116 Å². The summed E-state index contributed by atoms with van der Waals surface area (Å²) in [4.78, 5) is 14.2. The third kappa shape index (κ3) is 2.11. The van der Waals surface area contributed by atoms with Crippen molar-refractivity contribution < 1.29 is 14.3 Å². The topological polar surface area (TPSA) is 91.7 Å². The summed E-state index contributed by atoms with van der Waals surface area (Å²) in [5.74, 6) is 0.211. The third-order valence-electron chi connectivity index (χ3n) is 3.42. The molecule has 8 heteroatoms. The van der Waals surface area contributed by atoms with Crippen molar-refractivity contribution in [2.24, 2.45) is 0 Å². The highest BCUT2D eigenvalue weighted by Crippen LogP contribution is 2.40. The van der Waals surface area contributed by atoms with Crippen LogP contribution in [0, 0.1) is 0 Å². The maximum absolute atomic E-state index is 10.2. The molecule has 0 spiro atoms. The van der Waals surface area contributed by atoms with E-state index in [1.807, 2.05) is 12.1 Å². The molecule has 1 aliphatic heterocycles. The highest BCUT2D eigenvalue weighted by molar-refractivity contribution is 6.12. The molecular weight excluding hydrogens is 259 g/mol. The summed E-state index contributed by atoms with van der Waals surface area (Å²) in [5.41, 5.74) is 7.32. The lowest BCUT2D eigenvalue weighted by atomic mass is 9.79. The van der Waals surface area contributed by atoms with Crippen molar-refractivity contribution in [2.75, 3.05) is 12.3 Å². The van der Waals surface area contributed by atoms with Gasteiger partial charge in [-0.3, -0.25) is 4.79 Å². The number of fused-ring (bicyclic) bond motifs is 1. The van der Waals surface area contributed by atoms with Crippen molar-refractivity contribution in [3.05, 3.63) is 24.2 Å². The predicted octanol–water partition coefficient (Wildman–Crippen LogP) is 0.271. The summed E-state index contributed by atoms with van der Waals surface area (Å²) < 4.78 is 12.2. The maximum atomic E-state index is 10.2. The fraction of sp³-hybridized carbons (Fsp3) is 0.417. The van der Waals surface area contributed by atoms with Crippen LogP contribution in [0.4, 0.5) is 5.82 Å². The van der Waals surface area contributed by atoms with Gasteiger partial charge in [0.25, 0.3) is 6.47 Å². The van der Waals surface area contributed by atoms with E-state index >= 15 is 0 Å². The molecule has 3 heterocycles. The smallest absolute Gasteiger partial charge is 0.293 e. The first-order chi connectivity index (χ1) is 9.70. The van der Waals surface area contributed by atoms with Gasteiger partial charge in [-0.25, -0.2) is 9.50 Å². The van der Waals surface area contributed by atoms with E-state index in [0.29, 0.717) is 24.2 Å². The second kappa shape index (κ2) is 5.12. The van der Waals surface area contributed by atoms with Gasteiger partial charge in [0.2, 0.25) is 0 Å². The van der Waals surface area contributed by atoms with Gasteiger partial charge >= 0.3 is 0 Å². The van der Waals surface area contributed by atoms with Crippen LogP contribution in [0.5, 0.6) is 0 Å². The number of hydrogen-bond donors (Lipinski definition) is 1. The summed E-state index contributed by atoms with van der Waals surface area (Å²) in [5, 5.41) is 4.17. The number of nitrogen functional groups attached to an aromatic ring is 1. The van der Waals surface area contributed by atoms with Gasteiger partial charge < -0.3 is 15.2 Å². The molecule has 1 aliphatic rings. The van der Waals surface area contributed by atoms with E-state index in [4.69, 9.17) is 23.1 Å². The number of nitrogens with two attached hydrogens (primary N) is 1. The zero-order valence-corrected chi connectivity index (χ0v) is 10.7. The number of carbonyl (C=O) groups excluding carboxylic acids is 1. The minimum absolute atomic E-state index is 0.190. The van der Waals surface area contributed by atoms with Crippen LogP contribution in [0.15, 0.2) is 18.5 Å². The van der Waals surface area contributed by atoms with Gasteiger partial charge in [0.15, 0.2) is 5.82 Å². The number of hydrogen-bond acceptors (Lipinski definition) is 6. The van der Waals surface area contributed by atoms with E-state index in [9.17, 15) is 4.79 Å². The summed E-state index contributed by atoms with van der Waals surface area (Å²) in [6.45, 7) is 0.608. The van der Waals surface area contributed by atoms with Crippen molar-refractivity contribution in [3.63, 3.8) is 0 Å². The molecular formula is C12H13BN4O3. The number of carbonyl (C=O) groups is 1. The van der Waals surface area contributed by atoms with Crippen molar-refractivity contribution in [2.45, 2.75) is 24.4 Å². The number of anilines is 1. The SMILES string of the molecule is [B]C1CC(COC=O)OC1c1ccc2c(N)ncnn12. The van der Waals surface area contributed by atoms with Crippen LogP contribution in [-0.4, -0.2) is 41.6 Å². The van der Waals surface area contributed by atoms with E-state index in [1.54, 1.807) is 4.52 Å². The molecule has 0 bridgehead atoms. The van der Waals surface area contributed by atoms with Crippen LogP contribution in [0.2, 0.25) is 5.82 Å². The Morgan fingerprint density at radius 1 is 1.60 bits per heavy atom. The predicted molar refractivity (Wildman–Crippen MR) is 71.2 cm³/mol. The molecule has 0 aliphatic carbocycles. The quantitative estimate of drug-likeness (QED) is 0.634. The van der Waals surface area contributed by atoms with Gasteiger partial charge in [-0.1, -0.05) is 0 Å². The lowest BCUT2D eigenvalue weighted by molar-refractivity contribution is -0.132. The summed E-state index contributed by atoms with van der Waals surface area (Å²) in [6, 6.07) is 3.70. The van der Waals surface area contributed by atoms with E-state index < -0.39 is 0 Å². The molecule has 102 valence electrons. The number of aromatic nitrogens is 3. The Morgan fingerprint density at radius 3 is 3.25 bits per heavy atom. The van der Waals surface area contributed by atoms with Gasteiger partial charge in [0.05, 0.1) is 25.7 Å². The molecule has 0 saturated carbocycles. The first-order valence-electron chi connectivity index (χ1n) is 6.25. The first-order valence-corrected chi connectivity index (χ1v) is 6.25. The van der Waals surface area contributed by atoms with Crippen LogP contribution in [0.25, 0.3) is 5.52 Å². The third-order valence-corrected chi connectivity index (χ3v) is 3.42. The maximum Gasteiger partial charge on any atom is 0.293 e. The second-order valence-electron chi connectivity index (χ2n) is 4.71. The average molecular weight is 272 g/mol. The van der Waals surface area contributed by atoms with Crippen molar-refractivity contribution >= 4 is 25.7 Å². The van der Waals surface area contributed by atoms with Crippen LogP contribution in [0.3, 0.4) is 0 Å². The standard InChI is InChI=1S/C12H13BN4O3/c13-8-3-7(4-19-6-18)20-11(8)9-1-2-10-12(14)15-5-16-17(9)10/h1-2,5-8,11H,3-4H2,(H2,14,15,16). The molecule has 3 unspecified atom stereocenters. The molecule has 2 radical (unpaired) electrons. The van der Waals surface area contributed by atoms with Gasteiger partial charge in [0.1, 0.15) is 18.5 Å². The highest BCUT2D eigenvalue weighted by Gasteiger charge is 2.35. The fourth-order valence-electron chi connectivity index (χ4n) is 2.52. The molecule has 3 atom stereocenters. The lowest BCUT2D eigenvalue weighted by Gasteiger charge is -2.15. The summed E-state index contributed by atoms with van der Waals surface area (Å²) in [6.07, 6.45) is 1.49. The molecule has 2 N–H and O–H groups in total. The largest absolute Gasteiger partial charge is 0.465 e. The van der Waals surface area contributed by atoms with Gasteiger partial charge in [-0.05, 0) is 24.4 Å². The zero-order valence-electron chi connectivity index (χ0n) is 10.7. The highest BCUT2D eigenvalue weighted by atomic mass is 16.6. The van der Waals surface area contributed by atoms with E-state index in [2.05, 4.69) is 10.1 Å². The molecule has 7 nitrogen and oxygen atoms in total. The number of ether oxygens (including phenoxy) is 2. The molecule has 20 heavy (non-hydrogen) atoms. The van der Waals surface area contributed by atoms with Crippen LogP contribution < -0.4 is 5.73 Å². The first kappa shape index (κ1) is 12.9. The zero-order chi connectivity index (χ0) is 14.1. The Bertz CT molecular complexity index is 632. The molecule has 1 saturated heterocycles. The van der Waals surface area contributed by atoms with Crippen molar-refractivity contribution in [3.8, 4) is 0 Å². The monoisotopic (exact) mass is 272 g/mol. The van der Waals surface area contributed by atoms with Crippen LogP contribution in [0.1, 0.15) is 18.2 Å². The Balaban J connectivity index is 1.88. The van der Waals surface area contributed by atoms with Crippen LogP contribution in [-0.2, 0) is 14.3 Å². The van der Waals surface area contributed by atoms with E-state index in [1.165, 1.54) is 6.33 Å². The summed E-state index contributed by atoms with van der Waals surface area (Å²) >= 11 is 0. The summed E-state index contributed by atoms with van der Waals surface area (Å²) in [7, 11) is 6.10. The lowest BCUT2D eigenvalue weighted by Crippen LogP contribution is -2.15. The minimum atomic E-state index is -0.313. The molecule has 0 amide bonds. The average Bonchev–Trinajstić information content (AvgIpc) is 3.01. The molecule has 2 aromatic heterocycles. The van der Waals surface area contributed by atoms with Crippen LogP contribution >= 0.6 is 0 Å². The number of nitrogens with zero attached hydrogens (tertiary/aromatic N) is 3. The van der Waals surface area contributed by atoms with Crippen molar-refractivity contribution in [1.82, 2.24) is 14.6 Å². The Hall–Kier alpha value is -2.09. The molecule has 1 fully saturated rings. The van der Waals surface area contributed by atoms with Gasteiger partial charge in [0, 0.05) is 0 Å². The number of rotatable bonds is 4. The minimum Gasteiger partial charge on any atom is -0.465 e. The molecule has 0 aromatic carbocycles.